The molecule has 1 aromatic heterocycles. The summed E-state index contributed by atoms with van der Waals surface area (Å²) >= 11 is 1.72. The lowest BCUT2D eigenvalue weighted by Crippen LogP contribution is -2.58. The van der Waals surface area contributed by atoms with Gasteiger partial charge in [-0.05, 0) is 65.4 Å². The molecule has 6 heteroatoms. The molecule has 1 unspecified atom stereocenters. The number of aliphatic hydroxyl groups is 2. The van der Waals surface area contributed by atoms with Crippen molar-refractivity contribution < 1.29 is 10.2 Å². The Balaban J connectivity index is 1.58. The Kier molecular flexibility index (Phi) is 7.54. The van der Waals surface area contributed by atoms with Gasteiger partial charge < -0.3 is 15.1 Å². The van der Waals surface area contributed by atoms with Crippen LogP contribution in [0.25, 0.3) is 0 Å². The van der Waals surface area contributed by atoms with Crippen molar-refractivity contribution in [3.8, 4) is 11.8 Å². The largest absolute Gasteiger partial charge is 0.396 e. The summed E-state index contributed by atoms with van der Waals surface area (Å²) in [5.41, 5.74) is -0.952. The van der Waals surface area contributed by atoms with Gasteiger partial charge in [-0.1, -0.05) is 11.8 Å². The summed E-state index contributed by atoms with van der Waals surface area (Å²) in [4.78, 5) is 9.94. The van der Waals surface area contributed by atoms with E-state index in [0.717, 1.165) is 37.5 Å². The van der Waals surface area contributed by atoms with Gasteiger partial charge in [0.1, 0.15) is 5.60 Å². The normalized spacial score (nSPS) is 23.5. The molecule has 2 aliphatic rings. The molecular formula is C22H35N3O2S. The quantitative estimate of drug-likeness (QED) is 0.732. The van der Waals surface area contributed by atoms with E-state index < -0.39 is 5.60 Å². The smallest absolute Gasteiger partial charge is 0.120 e. The number of likely N-dealkylation sites (tertiary alicyclic amines) is 1. The molecule has 3 rings (SSSR count). The van der Waals surface area contributed by atoms with Gasteiger partial charge in [0.15, 0.2) is 0 Å². The first-order valence-electron chi connectivity index (χ1n) is 10.5. The van der Waals surface area contributed by atoms with Crippen molar-refractivity contribution in [2.24, 2.45) is 0 Å². The third-order valence-electron chi connectivity index (χ3n) is 5.76. The molecule has 0 spiro atoms. The lowest BCUT2D eigenvalue weighted by Gasteiger charge is -2.47. The van der Waals surface area contributed by atoms with E-state index in [0.29, 0.717) is 12.1 Å². The molecule has 28 heavy (non-hydrogen) atoms. The molecule has 0 aromatic carbocycles. The Labute approximate surface area is 173 Å². The lowest BCUT2D eigenvalue weighted by atomic mass is 9.98. The van der Waals surface area contributed by atoms with Gasteiger partial charge in [0.2, 0.25) is 0 Å². The second kappa shape index (κ2) is 9.71. The number of hydrogen-bond acceptors (Lipinski definition) is 6. The van der Waals surface area contributed by atoms with Crippen LogP contribution < -0.4 is 0 Å². The van der Waals surface area contributed by atoms with Gasteiger partial charge in [-0.2, -0.15) is 0 Å². The Morgan fingerprint density at radius 3 is 2.61 bits per heavy atom. The van der Waals surface area contributed by atoms with Crippen molar-refractivity contribution in [1.82, 2.24) is 14.7 Å². The van der Waals surface area contributed by atoms with Crippen LogP contribution in [-0.4, -0.2) is 89.0 Å². The molecule has 0 bridgehead atoms. The summed E-state index contributed by atoms with van der Waals surface area (Å²) < 4.78 is 0. The zero-order valence-electron chi connectivity index (χ0n) is 17.5. The van der Waals surface area contributed by atoms with Crippen molar-refractivity contribution in [1.29, 1.82) is 0 Å². The Morgan fingerprint density at radius 2 is 1.93 bits per heavy atom. The second-order valence-electron chi connectivity index (χ2n) is 8.75. The minimum absolute atomic E-state index is 0.261. The molecule has 0 saturated carbocycles. The Bertz CT molecular complexity index is 680. The average molecular weight is 406 g/mol. The second-order valence-corrected chi connectivity index (χ2v) is 9.92. The van der Waals surface area contributed by atoms with Crippen LogP contribution in [0.5, 0.6) is 0 Å². The topological polar surface area (TPSA) is 50.2 Å². The first kappa shape index (κ1) is 21.8. The zero-order chi connectivity index (χ0) is 20.1. The molecule has 3 heterocycles. The fourth-order valence-corrected chi connectivity index (χ4v) is 5.16. The molecule has 2 aliphatic heterocycles. The molecule has 2 N–H and O–H groups in total. The number of nitrogens with zero attached hydrogens (tertiary/aromatic N) is 3. The number of piperidine rings is 1. The minimum atomic E-state index is -0.952. The van der Waals surface area contributed by atoms with E-state index in [-0.39, 0.29) is 6.61 Å². The summed E-state index contributed by atoms with van der Waals surface area (Å²) in [5.74, 6) is 5.97. The third kappa shape index (κ3) is 6.28. The van der Waals surface area contributed by atoms with Gasteiger partial charge in [0.25, 0.3) is 0 Å². The van der Waals surface area contributed by atoms with Gasteiger partial charge in [0.05, 0.1) is 4.88 Å². The van der Waals surface area contributed by atoms with E-state index in [9.17, 15) is 10.2 Å². The van der Waals surface area contributed by atoms with Gasteiger partial charge in [-0.25, -0.2) is 0 Å². The van der Waals surface area contributed by atoms with Crippen molar-refractivity contribution in [3.63, 3.8) is 0 Å². The van der Waals surface area contributed by atoms with E-state index >= 15 is 0 Å². The summed E-state index contributed by atoms with van der Waals surface area (Å²) in [7, 11) is 2.21. The fourth-order valence-electron chi connectivity index (χ4n) is 4.26. The predicted molar refractivity (Wildman–Crippen MR) is 115 cm³/mol. The fraction of sp³-hybridized carbons (Fsp3) is 0.727. The molecular weight excluding hydrogens is 370 g/mol. The Hall–Kier alpha value is -0.940. The predicted octanol–water partition coefficient (Wildman–Crippen LogP) is 1.83. The number of piperazine rings is 1. The molecule has 0 amide bonds. The maximum absolute atomic E-state index is 9.77. The molecule has 0 radical (unpaired) electrons. The molecule has 2 fully saturated rings. The van der Waals surface area contributed by atoms with Gasteiger partial charge in [-0.15, -0.1) is 11.3 Å². The van der Waals surface area contributed by atoms with Crippen LogP contribution in [0.2, 0.25) is 0 Å². The van der Waals surface area contributed by atoms with Crippen LogP contribution in [0, 0.1) is 11.8 Å². The molecule has 0 aliphatic carbocycles. The van der Waals surface area contributed by atoms with Crippen molar-refractivity contribution in [2.45, 2.75) is 57.3 Å². The first-order chi connectivity index (χ1) is 13.3. The molecule has 1 aromatic rings. The van der Waals surface area contributed by atoms with Crippen LogP contribution in [0.1, 0.15) is 42.9 Å². The van der Waals surface area contributed by atoms with Crippen LogP contribution in [-0.2, 0) is 6.54 Å². The van der Waals surface area contributed by atoms with E-state index in [1.807, 2.05) is 0 Å². The summed E-state index contributed by atoms with van der Waals surface area (Å²) in [6, 6.07) is 5.32. The van der Waals surface area contributed by atoms with E-state index in [4.69, 9.17) is 0 Å². The van der Waals surface area contributed by atoms with Crippen molar-refractivity contribution in [3.05, 3.63) is 21.9 Å². The zero-order valence-corrected chi connectivity index (χ0v) is 18.3. The highest BCUT2D eigenvalue weighted by Gasteiger charge is 2.33. The van der Waals surface area contributed by atoms with E-state index in [1.165, 1.54) is 30.8 Å². The van der Waals surface area contributed by atoms with E-state index in [1.54, 1.807) is 25.2 Å². The first-order valence-corrected chi connectivity index (χ1v) is 11.3. The van der Waals surface area contributed by atoms with Gasteiger partial charge >= 0.3 is 0 Å². The number of rotatable bonds is 5. The van der Waals surface area contributed by atoms with Crippen LogP contribution in [0.3, 0.4) is 0 Å². The minimum Gasteiger partial charge on any atom is -0.396 e. The third-order valence-corrected chi connectivity index (χ3v) is 6.75. The molecule has 1 atom stereocenters. The van der Waals surface area contributed by atoms with Crippen LogP contribution >= 0.6 is 11.3 Å². The highest BCUT2D eigenvalue weighted by molar-refractivity contribution is 7.12. The van der Waals surface area contributed by atoms with Crippen molar-refractivity contribution in [2.75, 3.05) is 46.4 Å². The summed E-state index contributed by atoms with van der Waals surface area (Å²) in [6.07, 6.45) is 3.34. The number of hydrogen-bond donors (Lipinski definition) is 2. The average Bonchev–Trinajstić information content (AvgIpc) is 3.08. The number of thiophene rings is 1. The highest BCUT2D eigenvalue weighted by Crippen LogP contribution is 2.25. The maximum Gasteiger partial charge on any atom is 0.120 e. The van der Waals surface area contributed by atoms with Crippen molar-refractivity contribution >= 4 is 11.3 Å². The monoisotopic (exact) mass is 405 g/mol. The highest BCUT2D eigenvalue weighted by atomic mass is 32.1. The van der Waals surface area contributed by atoms with Crippen LogP contribution in [0.4, 0.5) is 0 Å². The molecule has 5 nitrogen and oxygen atoms in total. The van der Waals surface area contributed by atoms with Gasteiger partial charge in [-0.3, -0.25) is 9.80 Å². The molecule has 2 saturated heterocycles. The maximum atomic E-state index is 9.77. The van der Waals surface area contributed by atoms with Crippen LogP contribution in [0.15, 0.2) is 12.1 Å². The summed E-state index contributed by atoms with van der Waals surface area (Å²) in [5, 5.41) is 19.4. The number of aliphatic hydroxyl groups excluding tert-OH is 1. The van der Waals surface area contributed by atoms with E-state index in [2.05, 4.69) is 45.7 Å². The standard InChI is InChI=1S/C22H35N3O2S/c1-22(2,27)10-6-20-4-5-21(28-20)17-24-13-14-25(19(16-24)9-15-26)18-7-11-23(3)12-8-18/h4-5,18-19,26-27H,7-9,11-17H2,1-3H3. The van der Waals surface area contributed by atoms with Gasteiger partial charge in [0, 0.05) is 49.7 Å². The lowest BCUT2D eigenvalue weighted by molar-refractivity contribution is 0.00629. The summed E-state index contributed by atoms with van der Waals surface area (Å²) in [6.45, 7) is 10.2. The molecule has 156 valence electrons. The Morgan fingerprint density at radius 1 is 1.18 bits per heavy atom. The SMILES string of the molecule is CN1CCC(N2CCN(Cc3ccc(C#CC(C)(C)O)s3)CC2CCO)CC1.